The van der Waals surface area contributed by atoms with Crippen molar-refractivity contribution in [2.45, 2.75) is 6.92 Å². The van der Waals surface area contributed by atoms with Crippen LogP contribution in [-0.4, -0.2) is 19.5 Å². The molecule has 0 saturated carbocycles. The maximum Gasteiger partial charge on any atom is 0.279 e. The van der Waals surface area contributed by atoms with Crippen LogP contribution in [0, 0.1) is 35.1 Å². The first-order valence-electron chi connectivity index (χ1n) is 8.71. The maximum atomic E-state index is 14.0. The number of nitriles is 1. The van der Waals surface area contributed by atoms with E-state index in [9.17, 15) is 19.2 Å². The zero-order chi connectivity index (χ0) is 21.0. The van der Waals surface area contributed by atoms with Crippen LogP contribution in [0.5, 0.6) is 0 Å². The van der Waals surface area contributed by atoms with Crippen molar-refractivity contribution in [2.75, 3.05) is 0 Å². The third-order valence-corrected chi connectivity index (χ3v) is 4.83. The number of hydrogen-bond acceptors (Lipinski definition) is 6. The fourth-order valence-corrected chi connectivity index (χ4v) is 3.39. The van der Waals surface area contributed by atoms with E-state index in [-0.39, 0.29) is 34.2 Å². The summed E-state index contributed by atoms with van der Waals surface area (Å²) in [6.45, 7) is 1.52. The second-order valence-electron chi connectivity index (χ2n) is 6.52. The molecule has 5 aromatic rings. The molecule has 10 heteroatoms. The Balaban J connectivity index is 1.75. The second-order valence-corrected chi connectivity index (χ2v) is 6.52. The molecule has 0 aliphatic rings. The van der Waals surface area contributed by atoms with Gasteiger partial charge in [-0.25, -0.2) is 13.8 Å². The number of imidazole rings is 1. The molecule has 0 aliphatic heterocycles. The molecule has 0 saturated heterocycles. The largest absolute Gasteiger partial charge is 0.618 e. The highest BCUT2D eigenvalue weighted by atomic mass is 19.1. The monoisotopic (exact) mass is 404 g/mol. The van der Waals surface area contributed by atoms with Gasteiger partial charge in [0.2, 0.25) is 11.5 Å². The molecule has 3 aromatic heterocycles. The Kier molecular flexibility index (Phi) is 3.72. The normalized spacial score (nSPS) is 11.3. The zero-order valence-electron chi connectivity index (χ0n) is 15.3. The Morgan fingerprint density at radius 1 is 1.17 bits per heavy atom. The van der Waals surface area contributed by atoms with E-state index in [4.69, 9.17) is 4.52 Å². The van der Waals surface area contributed by atoms with Crippen molar-refractivity contribution in [1.82, 2.24) is 19.5 Å². The third-order valence-electron chi connectivity index (χ3n) is 4.83. The van der Waals surface area contributed by atoms with Crippen LogP contribution in [-0.2, 0) is 0 Å². The van der Waals surface area contributed by atoms with Gasteiger partial charge in [-0.05, 0) is 36.4 Å². The van der Waals surface area contributed by atoms with Crippen molar-refractivity contribution >= 4 is 16.6 Å². The van der Waals surface area contributed by atoms with E-state index in [0.29, 0.717) is 21.3 Å². The summed E-state index contributed by atoms with van der Waals surface area (Å²) in [5.74, 6) is -0.886. The van der Waals surface area contributed by atoms with Crippen LogP contribution in [0.2, 0.25) is 0 Å². The van der Waals surface area contributed by atoms with Crippen molar-refractivity contribution in [2.24, 2.45) is 0 Å². The lowest BCUT2D eigenvalue weighted by atomic mass is 10.1. The van der Waals surface area contributed by atoms with Crippen molar-refractivity contribution in [1.29, 1.82) is 5.26 Å². The highest BCUT2D eigenvalue weighted by Crippen LogP contribution is 2.29. The number of aromatic nitrogens is 5. The minimum Gasteiger partial charge on any atom is -0.618 e. The molecule has 0 aliphatic carbocycles. The molecule has 2 aromatic carbocycles. The number of hydrogen-bond donors (Lipinski definition) is 0. The summed E-state index contributed by atoms with van der Waals surface area (Å²) in [5.41, 5.74) is 1.22. The fourth-order valence-electron chi connectivity index (χ4n) is 3.39. The molecule has 0 atom stereocenters. The van der Waals surface area contributed by atoms with Gasteiger partial charge in [0.25, 0.3) is 11.4 Å². The van der Waals surface area contributed by atoms with E-state index in [1.54, 1.807) is 10.5 Å². The van der Waals surface area contributed by atoms with Gasteiger partial charge in [-0.2, -0.15) is 15.0 Å². The summed E-state index contributed by atoms with van der Waals surface area (Å²) >= 11 is 0. The molecule has 30 heavy (non-hydrogen) atoms. The fraction of sp³-hybridized carbons (Fsp3) is 0.0500. The smallest absolute Gasteiger partial charge is 0.279 e. The molecule has 0 bridgehead atoms. The molecule has 146 valence electrons. The topological polar surface area (TPSA) is 107 Å². The van der Waals surface area contributed by atoms with E-state index in [1.165, 1.54) is 43.6 Å². The number of benzene rings is 2. The first kappa shape index (κ1) is 17.7. The van der Waals surface area contributed by atoms with E-state index in [0.717, 1.165) is 6.07 Å². The molecular weight excluding hydrogens is 394 g/mol. The van der Waals surface area contributed by atoms with E-state index < -0.39 is 11.6 Å². The molecule has 0 fully saturated rings. The Morgan fingerprint density at radius 2 is 1.93 bits per heavy atom. The number of nitrogens with zero attached hydrogens (tertiary/aromatic N) is 6. The van der Waals surface area contributed by atoms with Gasteiger partial charge < -0.3 is 9.73 Å². The summed E-state index contributed by atoms with van der Waals surface area (Å²) in [6.07, 6.45) is 1.43. The third kappa shape index (κ3) is 2.42. The van der Waals surface area contributed by atoms with Crippen LogP contribution < -0.4 is 4.73 Å². The van der Waals surface area contributed by atoms with Crippen molar-refractivity contribution in [3.63, 3.8) is 0 Å². The van der Waals surface area contributed by atoms with Crippen LogP contribution in [0.3, 0.4) is 0 Å². The van der Waals surface area contributed by atoms with Crippen LogP contribution in [0.15, 0.2) is 47.2 Å². The van der Waals surface area contributed by atoms with Crippen molar-refractivity contribution in [3.8, 4) is 29.0 Å². The number of rotatable bonds is 2. The van der Waals surface area contributed by atoms with E-state index >= 15 is 0 Å². The molecule has 0 amide bonds. The minimum absolute atomic E-state index is 0.0573. The van der Waals surface area contributed by atoms with Gasteiger partial charge in [-0.1, -0.05) is 5.16 Å². The number of fused-ring (bicyclic) bond motifs is 3. The molecule has 8 nitrogen and oxygen atoms in total. The van der Waals surface area contributed by atoms with E-state index in [2.05, 4.69) is 15.1 Å². The van der Waals surface area contributed by atoms with Gasteiger partial charge >= 0.3 is 0 Å². The van der Waals surface area contributed by atoms with Crippen LogP contribution in [0.25, 0.3) is 39.5 Å². The Labute approximate surface area is 166 Å². The molecule has 3 heterocycles. The molecule has 0 unspecified atom stereocenters. The number of halogens is 2. The van der Waals surface area contributed by atoms with Gasteiger partial charge in [-0.15, -0.1) is 0 Å². The van der Waals surface area contributed by atoms with Crippen LogP contribution in [0.1, 0.15) is 11.3 Å². The predicted octanol–water partition coefficient (Wildman–Crippen LogP) is 3.30. The first-order valence-corrected chi connectivity index (χ1v) is 8.71. The second kappa shape index (κ2) is 6.31. The van der Waals surface area contributed by atoms with Gasteiger partial charge in [0, 0.05) is 12.5 Å². The SMILES string of the molecule is Cc1c2c(-c3nc(-c4ccc(F)cc4)no3)ncn2c2ccc(F)c(C#N)c2[n+]1[O-]. The van der Waals surface area contributed by atoms with Crippen LogP contribution >= 0.6 is 0 Å². The summed E-state index contributed by atoms with van der Waals surface area (Å²) in [4.78, 5) is 8.60. The summed E-state index contributed by atoms with van der Waals surface area (Å²) in [5, 5.41) is 26.1. The lowest BCUT2D eigenvalue weighted by Gasteiger charge is -2.09. The van der Waals surface area contributed by atoms with Gasteiger partial charge in [0.05, 0.1) is 0 Å². The Hall–Kier alpha value is -4.39. The Morgan fingerprint density at radius 3 is 2.67 bits per heavy atom. The zero-order valence-corrected chi connectivity index (χ0v) is 15.3. The van der Waals surface area contributed by atoms with Gasteiger partial charge in [0.15, 0.2) is 11.3 Å². The molecular formula is C20H10F2N6O2. The molecule has 0 spiro atoms. The number of aryl methyl sites for hydroxylation is 1. The van der Waals surface area contributed by atoms with Crippen LogP contribution in [0.4, 0.5) is 8.78 Å². The highest BCUT2D eigenvalue weighted by molar-refractivity contribution is 5.85. The molecule has 0 radical (unpaired) electrons. The lowest BCUT2D eigenvalue weighted by Crippen LogP contribution is -2.33. The maximum absolute atomic E-state index is 14.0. The summed E-state index contributed by atoms with van der Waals surface area (Å²) < 4.78 is 34.6. The quantitative estimate of drug-likeness (QED) is 0.330. The van der Waals surface area contributed by atoms with Gasteiger partial charge in [0.1, 0.15) is 35.1 Å². The van der Waals surface area contributed by atoms with Gasteiger partial charge in [-0.3, -0.25) is 4.40 Å². The first-order chi connectivity index (χ1) is 14.5. The summed E-state index contributed by atoms with van der Waals surface area (Å²) in [6, 6.07) is 9.83. The molecule has 0 N–H and O–H groups in total. The average Bonchev–Trinajstić information content (AvgIpc) is 3.39. The highest BCUT2D eigenvalue weighted by Gasteiger charge is 2.26. The average molecular weight is 404 g/mol. The van der Waals surface area contributed by atoms with Crippen molar-refractivity contribution < 1.29 is 18.0 Å². The minimum atomic E-state index is -0.783. The Bertz CT molecular complexity index is 1500. The predicted molar refractivity (Wildman–Crippen MR) is 99.8 cm³/mol. The molecule has 5 rings (SSSR count). The van der Waals surface area contributed by atoms with E-state index in [1.807, 2.05) is 0 Å². The lowest BCUT2D eigenvalue weighted by molar-refractivity contribution is -0.583. The van der Waals surface area contributed by atoms with Crippen molar-refractivity contribution in [3.05, 3.63) is 70.8 Å². The standard InChI is InChI=1S/C20H10F2N6O2/c1-10-17-16(20-25-19(26-30-20)11-2-4-12(21)5-3-11)24-9-27(17)15-7-6-14(22)13(8-23)18(15)28(10)29/h2-7,9H,1H3. The summed E-state index contributed by atoms with van der Waals surface area (Å²) in [7, 11) is 0.